The number of ether oxygens (including phenoxy) is 1. The van der Waals surface area contributed by atoms with Gasteiger partial charge in [-0.15, -0.1) is 0 Å². The third kappa shape index (κ3) is 8.33. The largest absolute Gasteiger partial charge is 0.748 e. The van der Waals surface area contributed by atoms with Crippen molar-refractivity contribution < 1.29 is 31.5 Å². The van der Waals surface area contributed by atoms with Crippen molar-refractivity contribution in [2.24, 2.45) is 0 Å². The van der Waals surface area contributed by atoms with Crippen LogP contribution in [0.5, 0.6) is 5.75 Å². The molecule has 0 spiro atoms. The minimum Gasteiger partial charge on any atom is -0.748 e. The van der Waals surface area contributed by atoms with Crippen molar-refractivity contribution in [3.63, 3.8) is 0 Å². The van der Waals surface area contributed by atoms with Gasteiger partial charge in [-0.3, -0.25) is 4.79 Å². The van der Waals surface area contributed by atoms with Gasteiger partial charge in [0.1, 0.15) is 6.04 Å². The molecule has 0 saturated carbocycles. The maximum Gasteiger partial charge on any atom is 0.374 e. The van der Waals surface area contributed by atoms with Gasteiger partial charge in [0.25, 0.3) is 5.52 Å². The second-order valence-corrected chi connectivity index (χ2v) is 15.0. The number of nitrogens with zero attached hydrogens (tertiary/aromatic N) is 3. The molecule has 0 radical (unpaired) electrons. The summed E-state index contributed by atoms with van der Waals surface area (Å²) in [5.41, 5.74) is 5.88. The number of amides is 1. The van der Waals surface area contributed by atoms with Crippen molar-refractivity contribution in [3.8, 4) is 5.75 Å². The number of allylic oxidation sites excluding steroid dienone is 4. The van der Waals surface area contributed by atoms with Crippen molar-refractivity contribution in [3.05, 3.63) is 82.1 Å². The van der Waals surface area contributed by atoms with E-state index in [1.807, 2.05) is 59.2 Å². The molecule has 11 heteroatoms. The van der Waals surface area contributed by atoms with Gasteiger partial charge in [0, 0.05) is 42.4 Å². The van der Waals surface area contributed by atoms with Crippen molar-refractivity contribution in [1.29, 1.82) is 0 Å². The van der Waals surface area contributed by atoms with Gasteiger partial charge in [-0.2, -0.15) is 4.57 Å². The number of fused-ring (bicyclic) bond motifs is 2. The van der Waals surface area contributed by atoms with E-state index in [0.29, 0.717) is 29.1 Å². The van der Waals surface area contributed by atoms with Gasteiger partial charge in [-0.1, -0.05) is 43.5 Å². The number of carbonyl (C=O) groups is 1. The average molecular weight is 694 g/mol. The number of benzene rings is 2. The lowest BCUT2D eigenvalue weighted by Crippen LogP contribution is -2.35. The maximum atomic E-state index is 12.3. The molecule has 3 aliphatic rings. The van der Waals surface area contributed by atoms with Crippen LogP contribution in [0.15, 0.2) is 70.0 Å². The number of carbonyl (C=O) groups excluding carboxylic acids is 1. The van der Waals surface area contributed by atoms with E-state index in [0.717, 1.165) is 110 Å². The summed E-state index contributed by atoms with van der Waals surface area (Å²) in [6, 6.07) is 11.7. The molecule has 1 aliphatic carbocycles. The van der Waals surface area contributed by atoms with E-state index >= 15 is 0 Å². The number of rotatable bonds is 15. The molecular formula is C37H44ClN3O6S. The zero-order valence-electron chi connectivity index (χ0n) is 27.8. The van der Waals surface area contributed by atoms with E-state index in [1.165, 1.54) is 0 Å². The van der Waals surface area contributed by atoms with Gasteiger partial charge in [-0.05, 0) is 92.8 Å². The normalized spacial score (nSPS) is 19.4. The first-order valence-electron chi connectivity index (χ1n) is 17.1. The molecule has 2 aromatic carbocycles. The summed E-state index contributed by atoms with van der Waals surface area (Å²) < 4.78 is 48.7. The third-order valence-corrected chi connectivity index (χ3v) is 10.3. The monoisotopic (exact) mass is 693 g/mol. The van der Waals surface area contributed by atoms with E-state index in [2.05, 4.69) is 23.6 Å². The predicted molar refractivity (Wildman–Crippen MR) is 187 cm³/mol. The SMILES string of the molecule is CCCCCN1C(=O)C1CCCC[n+]1c(C=C2C=C(C=C3Oc4ccc(C)cc4N3CCCS(=O)(=O)[O-])CCC2)oc2ccc(Cl)cc21. The molecule has 1 aromatic heterocycles. The van der Waals surface area contributed by atoms with Crippen LogP contribution in [-0.4, -0.2) is 48.7 Å². The lowest BCUT2D eigenvalue weighted by molar-refractivity contribution is -0.678. The van der Waals surface area contributed by atoms with Crippen molar-refractivity contribution in [2.75, 3.05) is 23.7 Å². The molecule has 3 heterocycles. The first-order chi connectivity index (χ1) is 23.1. The molecule has 0 N–H and O–H groups in total. The van der Waals surface area contributed by atoms with Crippen molar-refractivity contribution >= 4 is 50.5 Å². The number of anilines is 1. The first kappa shape index (κ1) is 34.3. The Morgan fingerprint density at radius 1 is 1.04 bits per heavy atom. The Kier molecular flexibility index (Phi) is 10.6. The van der Waals surface area contributed by atoms with E-state index in [1.54, 1.807) is 0 Å². The van der Waals surface area contributed by atoms with Crippen molar-refractivity contribution in [1.82, 2.24) is 4.90 Å². The van der Waals surface area contributed by atoms with Crippen LogP contribution in [0.4, 0.5) is 5.69 Å². The number of hydrogen-bond acceptors (Lipinski definition) is 7. The zero-order valence-corrected chi connectivity index (χ0v) is 29.3. The summed E-state index contributed by atoms with van der Waals surface area (Å²) in [5.74, 6) is 1.96. The van der Waals surface area contributed by atoms with Crippen LogP contribution in [0.2, 0.25) is 5.02 Å². The number of unbranched alkanes of at least 4 members (excludes halogenated alkanes) is 3. The number of oxazole rings is 1. The summed E-state index contributed by atoms with van der Waals surface area (Å²) in [6.07, 6.45) is 15.4. The lowest BCUT2D eigenvalue weighted by Gasteiger charge is -2.20. The second kappa shape index (κ2) is 14.9. The fourth-order valence-corrected chi connectivity index (χ4v) is 7.38. The molecule has 1 atom stereocenters. The Morgan fingerprint density at radius 3 is 2.71 bits per heavy atom. The highest BCUT2D eigenvalue weighted by atomic mass is 35.5. The van der Waals surface area contributed by atoms with E-state index < -0.39 is 15.9 Å². The highest BCUT2D eigenvalue weighted by Crippen LogP contribution is 2.41. The quantitative estimate of drug-likeness (QED) is 0.0706. The van der Waals surface area contributed by atoms with Gasteiger partial charge in [-0.25, -0.2) is 8.42 Å². The van der Waals surface area contributed by atoms with Gasteiger partial charge in [0.15, 0.2) is 12.3 Å². The summed E-state index contributed by atoms with van der Waals surface area (Å²) >= 11 is 6.40. The summed E-state index contributed by atoms with van der Waals surface area (Å²) in [7, 11) is -4.31. The van der Waals surface area contributed by atoms with Gasteiger partial charge in [0.2, 0.25) is 17.4 Å². The van der Waals surface area contributed by atoms with Crippen LogP contribution >= 0.6 is 11.6 Å². The zero-order chi connectivity index (χ0) is 33.8. The van der Waals surface area contributed by atoms with Crippen LogP contribution in [0.25, 0.3) is 17.2 Å². The lowest BCUT2D eigenvalue weighted by atomic mass is 9.94. The Morgan fingerprint density at radius 2 is 1.90 bits per heavy atom. The van der Waals surface area contributed by atoms with Crippen LogP contribution < -0.4 is 14.2 Å². The summed E-state index contributed by atoms with van der Waals surface area (Å²) in [5, 5.41) is 0.652. The Bertz CT molecular complexity index is 1880. The maximum absolute atomic E-state index is 12.3. The van der Waals surface area contributed by atoms with Crippen LogP contribution in [0, 0.1) is 6.92 Å². The topological polar surface area (TPSA) is 107 Å². The smallest absolute Gasteiger partial charge is 0.374 e. The van der Waals surface area contributed by atoms with Gasteiger partial charge in [0.05, 0.1) is 21.9 Å². The summed E-state index contributed by atoms with van der Waals surface area (Å²) in [4.78, 5) is 16.2. The molecule has 1 amide bonds. The number of hydrogen-bond donors (Lipinski definition) is 0. The van der Waals surface area contributed by atoms with Crippen LogP contribution in [0.3, 0.4) is 0 Å². The molecule has 1 saturated heterocycles. The molecule has 6 rings (SSSR count). The molecule has 1 fully saturated rings. The minimum absolute atomic E-state index is 0.0835. The minimum atomic E-state index is -4.31. The van der Waals surface area contributed by atoms with Gasteiger partial charge < -0.3 is 23.5 Å². The number of aryl methyl sites for hydroxylation is 2. The molecule has 0 bridgehead atoms. The highest BCUT2D eigenvalue weighted by molar-refractivity contribution is 7.85. The Balaban J connectivity index is 1.19. The molecule has 9 nitrogen and oxygen atoms in total. The average Bonchev–Trinajstić information content (AvgIpc) is 3.33. The van der Waals surface area contributed by atoms with E-state index in [9.17, 15) is 17.8 Å². The number of aromatic nitrogens is 1. The number of halogens is 1. The third-order valence-electron chi connectivity index (χ3n) is 9.26. The molecule has 1 unspecified atom stereocenters. The molecule has 256 valence electrons. The molecule has 48 heavy (non-hydrogen) atoms. The fraction of sp³-hybridized carbons (Fsp3) is 0.459. The fourth-order valence-electron chi connectivity index (χ4n) is 6.73. The Hall–Kier alpha value is -3.60. The van der Waals surface area contributed by atoms with E-state index in [-0.39, 0.29) is 12.5 Å². The molecular weight excluding hydrogens is 650 g/mol. The van der Waals surface area contributed by atoms with Gasteiger partial charge >= 0.3 is 5.89 Å². The standard InChI is InChI=1S/C37H44ClN3O6S/c1-3-4-6-18-41-30(37(41)42)12-5-7-17-39-32-25-29(38)14-16-34(32)47-35(39)23-27-10-8-11-28(22-27)24-36-40(19-9-20-48(43,44)45)31-21-26(2)13-15-33(31)46-36/h13-16,21-25,30H,3-12,17-20H2,1-2H3. The Labute approximate surface area is 288 Å². The highest BCUT2D eigenvalue weighted by Gasteiger charge is 2.44. The second-order valence-electron chi connectivity index (χ2n) is 13.1. The van der Waals surface area contributed by atoms with Crippen molar-refractivity contribution in [2.45, 2.75) is 90.6 Å². The first-order valence-corrected chi connectivity index (χ1v) is 19.1. The molecule has 3 aromatic rings. The van der Waals surface area contributed by atoms with Crippen LogP contribution in [0.1, 0.15) is 82.6 Å². The predicted octanol–water partition coefficient (Wildman–Crippen LogP) is 7.42. The summed E-state index contributed by atoms with van der Waals surface area (Å²) in [6.45, 7) is 6.16. The molecule has 2 aliphatic heterocycles. The van der Waals surface area contributed by atoms with E-state index in [4.69, 9.17) is 20.8 Å². The van der Waals surface area contributed by atoms with Crippen LogP contribution in [-0.2, 0) is 21.5 Å².